The maximum Gasteiger partial charge on any atom is 0.161 e. The number of hydrogen-bond donors (Lipinski definition) is 1. The Balaban J connectivity index is 1.94. The van der Waals surface area contributed by atoms with E-state index in [1.54, 1.807) is 14.2 Å². The molecule has 0 radical (unpaired) electrons. The van der Waals surface area contributed by atoms with Gasteiger partial charge >= 0.3 is 0 Å². The van der Waals surface area contributed by atoms with Gasteiger partial charge in [-0.15, -0.1) is 11.3 Å². The van der Waals surface area contributed by atoms with E-state index in [0.29, 0.717) is 0 Å². The van der Waals surface area contributed by atoms with E-state index < -0.39 is 0 Å². The minimum absolute atomic E-state index is 0.766. The van der Waals surface area contributed by atoms with E-state index in [-0.39, 0.29) is 0 Å². The smallest absolute Gasteiger partial charge is 0.161 e. The molecule has 4 heteroatoms. The first-order valence-electron chi connectivity index (χ1n) is 6.75. The summed E-state index contributed by atoms with van der Waals surface area (Å²) in [5, 5.41) is 5.64. The van der Waals surface area contributed by atoms with Gasteiger partial charge in [-0.25, -0.2) is 0 Å². The zero-order valence-electron chi connectivity index (χ0n) is 12.2. The standard InChI is InChI=1S/C16H21NO2S/c1-4-13-7-8-20-16(13)11-17-10-12-5-6-14(18-2)15(9-12)19-3/h5-9,17H,4,10-11H2,1-3H3. The molecule has 1 aromatic carbocycles. The molecule has 1 aromatic heterocycles. The van der Waals surface area contributed by atoms with Gasteiger partial charge in [0.15, 0.2) is 11.5 Å². The lowest BCUT2D eigenvalue weighted by atomic mass is 10.2. The van der Waals surface area contributed by atoms with Gasteiger partial charge in [-0.05, 0) is 41.1 Å². The molecule has 0 saturated heterocycles. The third kappa shape index (κ3) is 3.52. The van der Waals surface area contributed by atoms with E-state index in [0.717, 1.165) is 31.0 Å². The van der Waals surface area contributed by atoms with Crippen LogP contribution in [0.5, 0.6) is 11.5 Å². The minimum atomic E-state index is 0.766. The molecule has 0 bridgehead atoms. The highest BCUT2D eigenvalue weighted by Gasteiger charge is 2.05. The molecule has 108 valence electrons. The Kier molecular flexibility index (Phi) is 5.44. The summed E-state index contributed by atoms with van der Waals surface area (Å²) in [5.74, 6) is 1.54. The predicted octanol–water partition coefficient (Wildman–Crippen LogP) is 3.62. The highest BCUT2D eigenvalue weighted by Crippen LogP contribution is 2.27. The van der Waals surface area contributed by atoms with Gasteiger partial charge in [0.05, 0.1) is 14.2 Å². The number of hydrogen-bond acceptors (Lipinski definition) is 4. The summed E-state index contributed by atoms with van der Waals surface area (Å²) >= 11 is 1.82. The molecular weight excluding hydrogens is 270 g/mol. The minimum Gasteiger partial charge on any atom is -0.493 e. The molecule has 0 saturated carbocycles. The molecule has 0 aliphatic carbocycles. The highest BCUT2D eigenvalue weighted by molar-refractivity contribution is 7.10. The van der Waals surface area contributed by atoms with Crippen molar-refractivity contribution in [1.29, 1.82) is 0 Å². The number of aryl methyl sites for hydroxylation is 1. The highest BCUT2D eigenvalue weighted by atomic mass is 32.1. The second kappa shape index (κ2) is 7.31. The molecule has 0 aliphatic heterocycles. The third-order valence-corrected chi connectivity index (χ3v) is 4.24. The molecule has 2 aromatic rings. The van der Waals surface area contributed by atoms with Gasteiger partial charge in [-0.2, -0.15) is 0 Å². The fourth-order valence-electron chi connectivity index (χ4n) is 2.15. The number of rotatable bonds is 7. The maximum absolute atomic E-state index is 5.31. The van der Waals surface area contributed by atoms with Crippen LogP contribution in [0.2, 0.25) is 0 Å². The van der Waals surface area contributed by atoms with Crippen molar-refractivity contribution in [1.82, 2.24) is 5.32 Å². The van der Waals surface area contributed by atoms with E-state index in [1.165, 1.54) is 16.0 Å². The average Bonchev–Trinajstić information content (AvgIpc) is 2.94. The molecule has 20 heavy (non-hydrogen) atoms. The van der Waals surface area contributed by atoms with Gasteiger partial charge in [0.2, 0.25) is 0 Å². The van der Waals surface area contributed by atoms with Crippen molar-refractivity contribution >= 4 is 11.3 Å². The molecule has 0 spiro atoms. The Morgan fingerprint density at radius 1 is 1.05 bits per heavy atom. The van der Waals surface area contributed by atoms with Crippen LogP contribution in [0.15, 0.2) is 29.6 Å². The van der Waals surface area contributed by atoms with Gasteiger partial charge in [0.1, 0.15) is 0 Å². The van der Waals surface area contributed by atoms with E-state index >= 15 is 0 Å². The Labute approximate surface area is 124 Å². The van der Waals surface area contributed by atoms with Crippen molar-refractivity contribution in [3.63, 3.8) is 0 Å². The summed E-state index contributed by atoms with van der Waals surface area (Å²) < 4.78 is 10.6. The van der Waals surface area contributed by atoms with Crippen molar-refractivity contribution in [2.45, 2.75) is 26.4 Å². The molecule has 1 heterocycles. The molecule has 2 rings (SSSR count). The van der Waals surface area contributed by atoms with Gasteiger partial charge < -0.3 is 14.8 Å². The summed E-state index contributed by atoms with van der Waals surface area (Å²) in [7, 11) is 3.31. The first-order valence-corrected chi connectivity index (χ1v) is 7.63. The lowest BCUT2D eigenvalue weighted by Gasteiger charge is -2.10. The van der Waals surface area contributed by atoms with Gasteiger partial charge in [-0.3, -0.25) is 0 Å². The van der Waals surface area contributed by atoms with Crippen LogP contribution in [0, 0.1) is 0 Å². The Bertz CT molecular complexity index is 551. The maximum atomic E-state index is 5.31. The van der Waals surface area contributed by atoms with Crippen LogP contribution in [0.3, 0.4) is 0 Å². The van der Waals surface area contributed by atoms with Gasteiger partial charge in [0, 0.05) is 18.0 Å². The lowest BCUT2D eigenvalue weighted by Crippen LogP contribution is -2.12. The van der Waals surface area contributed by atoms with Crippen molar-refractivity contribution in [3.05, 3.63) is 45.6 Å². The Morgan fingerprint density at radius 2 is 1.85 bits per heavy atom. The summed E-state index contributed by atoms with van der Waals surface area (Å²) in [6.07, 6.45) is 1.09. The van der Waals surface area contributed by atoms with Gasteiger partial charge in [0.25, 0.3) is 0 Å². The molecule has 0 aliphatic rings. The fourth-order valence-corrected chi connectivity index (χ4v) is 3.09. The number of ether oxygens (including phenoxy) is 2. The largest absolute Gasteiger partial charge is 0.493 e. The normalized spacial score (nSPS) is 10.6. The second-order valence-corrected chi connectivity index (χ2v) is 5.52. The zero-order valence-corrected chi connectivity index (χ0v) is 13.0. The molecule has 0 amide bonds. The van der Waals surface area contributed by atoms with Crippen LogP contribution in [-0.2, 0) is 19.5 Å². The number of thiophene rings is 1. The molecule has 0 atom stereocenters. The average molecular weight is 291 g/mol. The molecule has 1 N–H and O–H groups in total. The third-order valence-electron chi connectivity index (χ3n) is 3.28. The number of methoxy groups -OCH3 is 2. The fraction of sp³-hybridized carbons (Fsp3) is 0.375. The molecule has 3 nitrogen and oxygen atoms in total. The lowest BCUT2D eigenvalue weighted by molar-refractivity contribution is 0.354. The van der Waals surface area contributed by atoms with Crippen LogP contribution in [0.25, 0.3) is 0 Å². The van der Waals surface area contributed by atoms with Crippen LogP contribution in [-0.4, -0.2) is 14.2 Å². The topological polar surface area (TPSA) is 30.5 Å². The summed E-state index contributed by atoms with van der Waals surface area (Å²) in [6.45, 7) is 3.93. The monoisotopic (exact) mass is 291 g/mol. The van der Waals surface area contributed by atoms with E-state index in [1.807, 2.05) is 23.5 Å². The van der Waals surface area contributed by atoms with Crippen molar-refractivity contribution in [3.8, 4) is 11.5 Å². The van der Waals surface area contributed by atoms with Crippen LogP contribution in [0.4, 0.5) is 0 Å². The van der Waals surface area contributed by atoms with Crippen molar-refractivity contribution in [2.75, 3.05) is 14.2 Å². The first kappa shape index (κ1) is 14.9. The second-order valence-electron chi connectivity index (χ2n) is 4.52. The summed E-state index contributed by atoms with van der Waals surface area (Å²) in [4.78, 5) is 1.42. The Morgan fingerprint density at radius 3 is 2.55 bits per heavy atom. The van der Waals surface area contributed by atoms with E-state index in [2.05, 4.69) is 29.8 Å². The van der Waals surface area contributed by atoms with Crippen molar-refractivity contribution < 1.29 is 9.47 Å². The SMILES string of the molecule is CCc1ccsc1CNCc1ccc(OC)c(OC)c1. The first-order chi connectivity index (χ1) is 9.78. The molecule has 0 fully saturated rings. The van der Waals surface area contributed by atoms with E-state index in [4.69, 9.17) is 9.47 Å². The Hall–Kier alpha value is -1.52. The van der Waals surface area contributed by atoms with Crippen molar-refractivity contribution in [2.24, 2.45) is 0 Å². The van der Waals surface area contributed by atoms with Crippen LogP contribution in [0.1, 0.15) is 22.9 Å². The zero-order chi connectivity index (χ0) is 14.4. The summed E-state index contributed by atoms with van der Waals surface area (Å²) in [5.41, 5.74) is 2.63. The molecular formula is C16H21NO2S. The predicted molar refractivity (Wildman–Crippen MR) is 83.8 cm³/mol. The van der Waals surface area contributed by atoms with Crippen LogP contribution >= 0.6 is 11.3 Å². The quantitative estimate of drug-likeness (QED) is 0.845. The number of nitrogens with one attached hydrogen (secondary N) is 1. The number of benzene rings is 1. The summed E-state index contributed by atoms with van der Waals surface area (Å²) in [6, 6.07) is 8.22. The molecule has 0 unspecified atom stereocenters. The van der Waals surface area contributed by atoms with Crippen LogP contribution < -0.4 is 14.8 Å². The van der Waals surface area contributed by atoms with E-state index in [9.17, 15) is 0 Å². The van der Waals surface area contributed by atoms with Gasteiger partial charge in [-0.1, -0.05) is 13.0 Å².